The zero-order chi connectivity index (χ0) is 20.8. The summed E-state index contributed by atoms with van der Waals surface area (Å²) >= 11 is 0. The van der Waals surface area contributed by atoms with Crippen molar-refractivity contribution in [1.29, 1.82) is 0 Å². The Bertz CT molecular complexity index is 967. The van der Waals surface area contributed by atoms with Gasteiger partial charge in [0.05, 0.1) is 31.1 Å². The number of hydrogen-bond acceptors (Lipinski definition) is 3. The molecule has 3 aromatic rings. The molecular weight excluding hydrogens is 383 g/mol. The zero-order valence-electron chi connectivity index (χ0n) is 16.8. The van der Waals surface area contributed by atoms with Gasteiger partial charge in [0.1, 0.15) is 24.6 Å². The lowest BCUT2D eigenvalue weighted by Crippen LogP contribution is -3.14. The molecule has 1 saturated heterocycles. The van der Waals surface area contributed by atoms with E-state index in [9.17, 15) is 9.18 Å². The van der Waals surface area contributed by atoms with Crippen molar-refractivity contribution in [3.8, 4) is 16.9 Å². The lowest BCUT2D eigenvalue weighted by Gasteiger charge is -2.23. The van der Waals surface area contributed by atoms with Crippen LogP contribution >= 0.6 is 0 Å². The average molecular weight is 409 g/mol. The Kier molecular flexibility index (Phi) is 6.51. The van der Waals surface area contributed by atoms with Crippen molar-refractivity contribution >= 4 is 5.91 Å². The van der Waals surface area contributed by atoms with Crippen LogP contribution in [0, 0.1) is 5.82 Å². The van der Waals surface area contributed by atoms with Gasteiger partial charge in [0.15, 0.2) is 0 Å². The molecule has 1 aromatic heterocycles. The molecule has 1 amide bonds. The topological polar surface area (TPSA) is 60.6 Å². The molecule has 0 unspecified atom stereocenters. The summed E-state index contributed by atoms with van der Waals surface area (Å²) in [5, 5.41) is 7.64. The molecule has 6 nitrogen and oxygen atoms in total. The van der Waals surface area contributed by atoms with Crippen molar-refractivity contribution in [2.24, 2.45) is 0 Å². The number of hydrogen-bond donors (Lipinski definition) is 2. The maximum atomic E-state index is 13.3. The van der Waals surface area contributed by atoms with E-state index in [0.717, 1.165) is 50.5 Å². The first kappa shape index (κ1) is 20.3. The second-order valence-electron chi connectivity index (χ2n) is 7.39. The van der Waals surface area contributed by atoms with Crippen molar-refractivity contribution in [2.45, 2.75) is 6.42 Å². The van der Waals surface area contributed by atoms with Gasteiger partial charge in [-0.05, 0) is 42.5 Å². The van der Waals surface area contributed by atoms with Crippen LogP contribution in [0.3, 0.4) is 0 Å². The smallest absolute Gasteiger partial charge is 0.270 e. The number of amides is 1. The molecule has 1 fully saturated rings. The van der Waals surface area contributed by atoms with Gasteiger partial charge in [0.2, 0.25) is 0 Å². The first-order valence-corrected chi connectivity index (χ1v) is 10.3. The number of quaternary nitrogens is 1. The minimum absolute atomic E-state index is 0.170. The van der Waals surface area contributed by atoms with E-state index in [-0.39, 0.29) is 11.7 Å². The molecule has 4 rings (SSSR count). The SMILES string of the molecule is O=C(NCCC[NH+]1CCOCC1)c1cc(-c2ccc(F)cc2)nn1-c1ccccc1. The molecule has 1 aliphatic rings. The summed E-state index contributed by atoms with van der Waals surface area (Å²) in [6, 6.07) is 17.4. The number of carbonyl (C=O) groups is 1. The normalized spacial score (nSPS) is 14.6. The number of morpholine rings is 1. The lowest BCUT2D eigenvalue weighted by atomic mass is 10.1. The first-order chi connectivity index (χ1) is 14.7. The molecule has 2 heterocycles. The molecule has 0 atom stereocenters. The van der Waals surface area contributed by atoms with Gasteiger partial charge in [0.25, 0.3) is 5.91 Å². The monoisotopic (exact) mass is 409 g/mol. The molecular formula is C23H26FN4O2+. The third kappa shape index (κ3) is 4.93. The van der Waals surface area contributed by atoms with Crippen LogP contribution in [0.4, 0.5) is 4.39 Å². The highest BCUT2D eigenvalue weighted by atomic mass is 19.1. The van der Waals surface area contributed by atoms with E-state index in [1.54, 1.807) is 22.9 Å². The van der Waals surface area contributed by atoms with Gasteiger partial charge < -0.3 is 15.0 Å². The molecule has 7 heteroatoms. The van der Waals surface area contributed by atoms with E-state index in [4.69, 9.17) is 4.74 Å². The van der Waals surface area contributed by atoms with E-state index < -0.39 is 0 Å². The maximum absolute atomic E-state index is 13.3. The number of halogens is 1. The van der Waals surface area contributed by atoms with E-state index in [0.29, 0.717) is 17.9 Å². The summed E-state index contributed by atoms with van der Waals surface area (Å²) in [5.41, 5.74) is 2.64. The fourth-order valence-electron chi connectivity index (χ4n) is 3.61. The summed E-state index contributed by atoms with van der Waals surface area (Å²) in [6.07, 6.45) is 0.908. The van der Waals surface area contributed by atoms with Gasteiger partial charge in [-0.25, -0.2) is 9.07 Å². The molecule has 1 aliphatic heterocycles. The number of para-hydroxylation sites is 1. The van der Waals surface area contributed by atoms with Crippen LogP contribution in [-0.4, -0.2) is 55.1 Å². The minimum Gasteiger partial charge on any atom is -0.370 e. The average Bonchev–Trinajstić information content (AvgIpc) is 3.24. The Morgan fingerprint density at radius 1 is 1.10 bits per heavy atom. The Morgan fingerprint density at radius 3 is 2.57 bits per heavy atom. The summed E-state index contributed by atoms with van der Waals surface area (Å²) in [6.45, 7) is 5.29. The van der Waals surface area contributed by atoms with Gasteiger partial charge in [0, 0.05) is 18.5 Å². The van der Waals surface area contributed by atoms with E-state index >= 15 is 0 Å². The number of nitrogens with one attached hydrogen (secondary N) is 2. The van der Waals surface area contributed by atoms with Gasteiger partial charge in [-0.15, -0.1) is 0 Å². The van der Waals surface area contributed by atoms with Crippen molar-refractivity contribution < 1.29 is 18.8 Å². The third-order valence-electron chi connectivity index (χ3n) is 5.28. The predicted molar refractivity (Wildman–Crippen MR) is 112 cm³/mol. The van der Waals surface area contributed by atoms with Crippen LogP contribution in [0.5, 0.6) is 0 Å². The van der Waals surface area contributed by atoms with Gasteiger partial charge in [-0.1, -0.05) is 18.2 Å². The third-order valence-corrected chi connectivity index (χ3v) is 5.28. The second kappa shape index (κ2) is 9.65. The molecule has 0 saturated carbocycles. The number of benzene rings is 2. The minimum atomic E-state index is -0.304. The van der Waals surface area contributed by atoms with E-state index in [2.05, 4.69) is 10.4 Å². The Morgan fingerprint density at radius 2 is 1.83 bits per heavy atom. The number of ether oxygens (including phenoxy) is 1. The second-order valence-corrected chi connectivity index (χ2v) is 7.39. The highest BCUT2D eigenvalue weighted by Crippen LogP contribution is 2.22. The summed E-state index contributed by atoms with van der Waals surface area (Å²) in [5.74, 6) is -0.474. The van der Waals surface area contributed by atoms with Crippen LogP contribution < -0.4 is 10.2 Å². The van der Waals surface area contributed by atoms with Crippen molar-refractivity contribution in [3.63, 3.8) is 0 Å². The molecule has 0 aliphatic carbocycles. The number of carbonyl (C=O) groups excluding carboxylic acids is 1. The molecule has 156 valence electrons. The number of aromatic nitrogens is 2. The maximum Gasteiger partial charge on any atom is 0.270 e. The zero-order valence-corrected chi connectivity index (χ0v) is 16.8. The first-order valence-electron chi connectivity index (χ1n) is 10.3. The van der Waals surface area contributed by atoms with Gasteiger partial charge >= 0.3 is 0 Å². The summed E-state index contributed by atoms with van der Waals surface area (Å²) in [7, 11) is 0. The van der Waals surface area contributed by atoms with Crippen molar-refractivity contribution in [3.05, 3.63) is 72.2 Å². The van der Waals surface area contributed by atoms with Crippen LogP contribution in [0.1, 0.15) is 16.9 Å². The van der Waals surface area contributed by atoms with Crippen LogP contribution in [0.15, 0.2) is 60.7 Å². The van der Waals surface area contributed by atoms with Crippen molar-refractivity contribution in [1.82, 2.24) is 15.1 Å². The summed E-state index contributed by atoms with van der Waals surface area (Å²) in [4.78, 5) is 14.4. The standard InChI is InChI=1S/C23H25FN4O2/c24-19-9-7-18(8-10-19)21-17-22(28(26-21)20-5-2-1-3-6-20)23(29)25-11-4-12-27-13-15-30-16-14-27/h1-3,5-10,17H,4,11-16H2,(H,25,29)/p+1. The molecule has 2 N–H and O–H groups in total. The van der Waals surface area contributed by atoms with Crippen LogP contribution in [-0.2, 0) is 4.74 Å². The number of rotatable bonds is 7. The Hall–Kier alpha value is -3.03. The fourth-order valence-corrected chi connectivity index (χ4v) is 3.61. The van der Waals surface area contributed by atoms with Crippen molar-refractivity contribution in [2.75, 3.05) is 39.4 Å². The molecule has 0 bridgehead atoms. The van der Waals surface area contributed by atoms with E-state index in [1.165, 1.54) is 17.0 Å². The molecule has 0 radical (unpaired) electrons. The van der Waals surface area contributed by atoms with Gasteiger partial charge in [-0.2, -0.15) is 5.10 Å². The predicted octanol–water partition coefficient (Wildman–Crippen LogP) is 1.71. The number of nitrogens with zero attached hydrogens (tertiary/aromatic N) is 2. The molecule has 2 aromatic carbocycles. The highest BCUT2D eigenvalue weighted by Gasteiger charge is 2.18. The summed E-state index contributed by atoms with van der Waals surface area (Å²) < 4.78 is 20.3. The van der Waals surface area contributed by atoms with Crippen LogP contribution in [0.25, 0.3) is 16.9 Å². The highest BCUT2D eigenvalue weighted by molar-refractivity contribution is 5.94. The molecule has 0 spiro atoms. The Balaban J connectivity index is 1.48. The van der Waals surface area contributed by atoms with E-state index in [1.807, 2.05) is 30.3 Å². The lowest BCUT2D eigenvalue weighted by molar-refractivity contribution is -0.908. The van der Waals surface area contributed by atoms with Gasteiger partial charge in [-0.3, -0.25) is 4.79 Å². The Labute approximate surface area is 175 Å². The quantitative estimate of drug-likeness (QED) is 0.584. The largest absolute Gasteiger partial charge is 0.370 e. The fraction of sp³-hybridized carbons (Fsp3) is 0.304. The van der Waals surface area contributed by atoms with Crippen LogP contribution in [0.2, 0.25) is 0 Å². The molecule has 30 heavy (non-hydrogen) atoms.